The molecule has 20 heavy (non-hydrogen) atoms. The minimum absolute atomic E-state index is 0.154. The molecule has 1 aromatic heterocycles. The summed E-state index contributed by atoms with van der Waals surface area (Å²) in [5.41, 5.74) is 2.24. The highest BCUT2D eigenvalue weighted by molar-refractivity contribution is 5.92. The molecule has 0 saturated carbocycles. The number of fused-ring (bicyclic) bond motifs is 1. The molecule has 4 nitrogen and oxygen atoms in total. The lowest BCUT2D eigenvalue weighted by molar-refractivity contribution is 0.0697. The number of nitrogens with zero attached hydrogens (tertiary/aromatic N) is 2. The van der Waals surface area contributed by atoms with Crippen molar-refractivity contribution in [3.05, 3.63) is 29.6 Å². The van der Waals surface area contributed by atoms with Crippen molar-refractivity contribution in [2.75, 3.05) is 0 Å². The SMILES string of the molecule is CCCc1nc2cc(C(=O)O)ccc2n1CC(C)(C)C. The van der Waals surface area contributed by atoms with Crippen LogP contribution in [-0.2, 0) is 13.0 Å². The van der Waals surface area contributed by atoms with Gasteiger partial charge in [-0.1, -0.05) is 27.7 Å². The van der Waals surface area contributed by atoms with Gasteiger partial charge in [0.1, 0.15) is 5.82 Å². The number of benzene rings is 1. The van der Waals surface area contributed by atoms with Gasteiger partial charge >= 0.3 is 5.97 Å². The third kappa shape index (κ3) is 3.00. The quantitative estimate of drug-likeness (QED) is 0.924. The molecular weight excluding hydrogens is 252 g/mol. The van der Waals surface area contributed by atoms with Gasteiger partial charge in [0.25, 0.3) is 0 Å². The van der Waals surface area contributed by atoms with E-state index in [2.05, 4.69) is 37.2 Å². The Bertz CT molecular complexity index is 636. The van der Waals surface area contributed by atoms with Gasteiger partial charge in [0, 0.05) is 13.0 Å². The molecule has 1 aromatic carbocycles. The summed E-state index contributed by atoms with van der Waals surface area (Å²) in [5, 5.41) is 9.08. The highest BCUT2D eigenvalue weighted by Crippen LogP contribution is 2.24. The molecule has 0 atom stereocenters. The minimum atomic E-state index is -0.908. The number of imidazole rings is 1. The summed E-state index contributed by atoms with van der Waals surface area (Å²) in [4.78, 5) is 15.7. The van der Waals surface area contributed by atoms with E-state index in [0.29, 0.717) is 5.56 Å². The highest BCUT2D eigenvalue weighted by atomic mass is 16.4. The summed E-state index contributed by atoms with van der Waals surface area (Å²) in [5.74, 6) is 0.134. The Morgan fingerprint density at radius 3 is 2.60 bits per heavy atom. The van der Waals surface area contributed by atoms with Gasteiger partial charge < -0.3 is 9.67 Å². The zero-order valence-electron chi connectivity index (χ0n) is 12.6. The molecule has 1 heterocycles. The second kappa shape index (κ2) is 5.27. The average Bonchev–Trinajstić information content (AvgIpc) is 2.65. The lowest BCUT2D eigenvalue weighted by atomic mass is 9.96. The van der Waals surface area contributed by atoms with Crippen molar-refractivity contribution in [1.82, 2.24) is 9.55 Å². The number of carboxylic acid groups (broad SMARTS) is 1. The van der Waals surface area contributed by atoms with Crippen molar-refractivity contribution >= 4 is 17.0 Å². The van der Waals surface area contributed by atoms with E-state index in [9.17, 15) is 4.79 Å². The van der Waals surface area contributed by atoms with Crippen LogP contribution in [0.15, 0.2) is 18.2 Å². The molecule has 0 saturated heterocycles. The molecule has 0 bridgehead atoms. The number of hydrogen-bond acceptors (Lipinski definition) is 2. The molecule has 0 aliphatic heterocycles. The summed E-state index contributed by atoms with van der Waals surface area (Å²) >= 11 is 0. The van der Waals surface area contributed by atoms with E-state index in [1.165, 1.54) is 0 Å². The van der Waals surface area contributed by atoms with Crippen molar-refractivity contribution in [1.29, 1.82) is 0 Å². The van der Waals surface area contributed by atoms with Gasteiger partial charge in [-0.2, -0.15) is 0 Å². The molecule has 0 radical (unpaired) electrons. The van der Waals surface area contributed by atoms with E-state index >= 15 is 0 Å². The van der Waals surface area contributed by atoms with Crippen LogP contribution in [0.2, 0.25) is 0 Å². The topological polar surface area (TPSA) is 55.1 Å². The Balaban J connectivity index is 2.57. The van der Waals surface area contributed by atoms with E-state index < -0.39 is 5.97 Å². The summed E-state index contributed by atoms with van der Waals surface area (Å²) in [7, 11) is 0. The fourth-order valence-electron chi connectivity index (χ4n) is 2.38. The summed E-state index contributed by atoms with van der Waals surface area (Å²) in [6.07, 6.45) is 1.94. The fraction of sp³-hybridized carbons (Fsp3) is 0.500. The molecule has 108 valence electrons. The second-order valence-electron chi connectivity index (χ2n) is 6.43. The van der Waals surface area contributed by atoms with E-state index in [4.69, 9.17) is 5.11 Å². The number of aromatic carboxylic acids is 1. The predicted molar refractivity (Wildman–Crippen MR) is 80.1 cm³/mol. The molecule has 4 heteroatoms. The van der Waals surface area contributed by atoms with Crippen molar-refractivity contribution < 1.29 is 9.90 Å². The van der Waals surface area contributed by atoms with E-state index in [0.717, 1.165) is 36.2 Å². The Hall–Kier alpha value is -1.84. The van der Waals surface area contributed by atoms with Crippen LogP contribution >= 0.6 is 0 Å². The summed E-state index contributed by atoms with van der Waals surface area (Å²) < 4.78 is 2.23. The van der Waals surface area contributed by atoms with Crippen LogP contribution in [0.25, 0.3) is 11.0 Å². The Morgan fingerprint density at radius 2 is 2.05 bits per heavy atom. The molecule has 0 spiro atoms. The number of rotatable bonds is 4. The van der Waals surface area contributed by atoms with Gasteiger partial charge in [0.05, 0.1) is 16.6 Å². The summed E-state index contributed by atoms with van der Waals surface area (Å²) in [6.45, 7) is 9.59. The first kappa shape index (κ1) is 14.6. The molecular formula is C16H22N2O2. The van der Waals surface area contributed by atoms with Crippen LogP contribution in [0.5, 0.6) is 0 Å². The Labute approximate surface area is 119 Å². The Morgan fingerprint density at radius 1 is 1.35 bits per heavy atom. The minimum Gasteiger partial charge on any atom is -0.478 e. The second-order valence-corrected chi connectivity index (χ2v) is 6.43. The number of aromatic nitrogens is 2. The van der Waals surface area contributed by atoms with Crippen LogP contribution in [0.4, 0.5) is 0 Å². The third-order valence-corrected chi connectivity index (χ3v) is 3.18. The molecule has 1 N–H and O–H groups in total. The van der Waals surface area contributed by atoms with Crippen LogP contribution in [0, 0.1) is 5.41 Å². The lowest BCUT2D eigenvalue weighted by Gasteiger charge is -2.21. The number of carbonyl (C=O) groups is 1. The maximum atomic E-state index is 11.1. The zero-order chi connectivity index (χ0) is 14.9. The molecule has 2 aromatic rings. The molecule has 0 amide bonds. The first-order valence-corrected chi connectivity index (χ1v) is 7.04. The van der Waals surface area contributed by atoms with Crippen molar-refractivity contribution in [3.63, 3.8) is 0 Å². The first-order chi connectivity index (χ1) is 9.31. The van der Waals surface area contributed by atoms with Gasteiger partial charge in [-0.15, -0.1) is 0 Å². The van der Waals surface area contributed by atoms with Crippen LogP contribution in [0.1, 0.15) is 50.3 Å². The molecule has 0 aliphatic rings. The van der Waals surface area contributed by atoms with Gasteiger partial charge in [0.15, 0.2) is 0 Å². The van der Waals surface area contributed by atoms with E-state index in [-0.39, 0.29) is 5.41 Å². The standard InChI is InChI=1S/C16H22N2O2/c1-5-6-14-17-12-9-11(15(19)20)7-8-13(12)18(14)10-16(2,3)4/h7-9H,5-6,10H2,1-4H3,(H,19,20). The first-order valence-electron chi connectivity index (χ1n) is 7.04. The maximum Gasteiger partial charge on any atom is 0.335 e. The number of carboxylic acids is 1. The van der Waals surface area contributed by atoms with Crippen LogP contribution < -0.4 is 0 Å². The van der Waals surface area contributed by atoms with Crippen LogP contribution in [-0.4, -0.2) is 20.6 Å². The van der Waals surface area contributed by atoms with Crippen LogP contribution in [0.3, 0.4) is 0 Å². The molecule has 0 aliphatic carbocycles. The molecule has 2 rings (SSSR count). The van der Waals surface area contributed by atoms with E-state index in [1.807, 2.05) is 6.07 Å². The lowest BCUT2D eigenvalue weighted by Crippen LogP contribution is -2.17. The average molecular weight is 274 g/mol. The van der Waals surface area contributed by atoms with E-state index in [1.54, 1.807) is 12.1 Å². The number of hydrogen-bond donors (Lipinski definition) is 1. The largest absolute Gasteiger partial charge is 0.478 e. The normalized spacial score (nSPS) is 12.0. The smallest absolute Gasteiger partial charge is 0.335 e. The summed E-state index contributed by atoms with van der Waals surface area (Å²) in [6, 6.07) is 5.19. The van der Waals surface area contributed by atoms with Crippen molar-refractivity contribution in [3.8, 4) is 0 Å². The number of aryl methyl sites for hydroxylation is 1. The third-order valence-electron chi connectivity index (χ3n) is 3.18. The highest BCUT2D eigenvalue weighted by Gasteiger charge is 2.18. The van der Waals surface area contributed by atoms with Crippen molar-refractivity contribution in [2.45, 2.75) is 47.1 Å². The van der Waals surface area contributed by atoms with Gasteiger partial charge in [0.2, 0.25) is 0 Å². The van der Waals surface area contributed by atoms with Gasteiger partial charge in [-0.3, -0.25) is 0 Å². The zero-order valence-corrected chi connectivity index (χ0v) is 12.6. The fourth-order valence-corrected chi connectivity index (χ4v) is 2.38. The maximum absolute atomic E-state index is 11.1. The monoisotopic (exact) mass is 274 g/mol. The van der Waals surface area contributed by atoms with Gasteiger partial charge in [-0.05, 0) is 30.0 Å². The molecule has 0 unspecified atom stereocenters. The Kier molecular flexibility index (Phi) is 3.84. The van der Waals surface area contributed by atoms with Gasteiger partial charge in [-0.25, -0.2) is 9.78 Å². The predicted octanol–water partition coefficient (Wildman–Crippen LogP) is 3.73. The molecule has 0 fully saturated rings. The van der Waals surface area contributed by atoms with Crippen molar-refractivity contribution in [2.24, 2.45) is 5.41 Å².